The van der Waals surface area contributed by atoms with Crippen molar-refractivity contribution >= 4 is 17.6 Å². The Balaban J connectivity index is 1.86. The summed E-state index contributed by atoms with van der Waals surface area (Å²) in [5.74, 6) is -0.699. The summed E-state index contributed by atoms with van der Waals surface area (Å²) in [6.45, 7) is 0.503. The van der Waals surface area contributed by atoms with Crippen molar-refractivity contribution in [3.8, 4) is 5.75 Å². The Morgan fingerprint density at radius 1 is 0.871 bits per heavy atom. The maximum absolute atomic E-state index is 12.6. The lowest BCUT2D eigenvalue weighted by Crippen LogP contribution is -2.27. The van der Waals surface area contributed by atoms with E-state index in [2.05, 4.69) is 12.1 Å². The maximum Gasteiger partial charge on any atom is 0.355 e. The first-order chi connectivity index (χ1) is 15.2. The first-order valence-corrected chi connectivity index (χ1v) is 9.96. The van der Waals surface area contributed by atoms with Gasteiger partial charge in [-0.1, -0.05) is 48.5 Å². The number of rotatable bonds is 8. The lowest BCUT2D eigenvalue weighted by Gasteiger charge is -2.25. The van der Waals surface area contributed by atoms with Gasteiger partial charge in [-0.3, -0.25) is 0 Å². The number of methoxy groups -OCH3 is 2. The van der Waals surface area contributed by atoms with Crippen LogP contribution in [-0.4, -0.2) is 32.8 Å². The third-order valence-electron chi connectivity index (χ3n) is 4.72. The zero-order valence-electron chi connectivity index (χ0n) is 17.6. The number of carbonyl (C=O) groups excluding carboxylic acids is 2. The van der Waals surface area contributed by atoms with Gasteiger partial charge < -0.3 is 19.1 Å². The number of carbonyl (C=O) groups is 2. The molecule has 0 saturated heterocycles. The predicted molar refractivity (Wildman–Crippen MR) is 119 cm³/mol. The average Bonchev–Trinajstić information content (AvgIpc) is 3.05. The molecule has 0 unspecified atom stereocenters. The highest BCUT2D eigenvalue weighted by Crippen LogP contribution is 2.34. The number of aryl methyl sites for hydroxylation is 1. The maximum atomic E-state index is 12.6. The van der Waals surface area contributed by atoms with Gasteiger partial charge in [0.25, 0.3) is 0 Å². The van der Waals surface area contributed by atoms with Crippen LogP contribution in [0.4, 0.5) is 5.69 Å². The fourth-order valence-electron chi connectivity index (χ4n) is 3.23. The fourth-order valence-corrected chi connectivity index (χ4v) is 3.23. The van der Waals surface area contributed by atoms with Gasteiger partial charge in [-0.2, -0.15) is 0 Å². The number of ether oxygens (including phenoxy) is 3. The summed E-state index contributed by atoms with van der Waals surface area (Å²) in [5, 5.41) is 0. The van der Waals surface area contributed by atoms with Crippen LogP contribution in [0.3, 0.4) is 0 Å². The summed E-state index contributed by atoms with van der Waals surface area (Å²) in [5.41, 5.74) is 2.02. The highest BCUT2D eigenvalue weighted by Gasteiger charge is 2.28. The molecule has 0 fully saturated rings. The second-order valence-corrected chi connectivity index (χ2v) is 6.72. The highest BCUT2D eigenvalue weighted by atomic mass is 16.5. The van der Waals surface area contributed by atoms with Crippen molar-refractivity contribution in [1.82, 2.24) is 0 Å². The standard InChI is InChI=1S/C25H25NO5/c1-29-24(27)20-14-8-9-17-26(23(20)25(28)30-2)21-15-6-7-16-22(21)31-18-10-13-19-11-4-3-5-12-19/h3-9,11-12,14-17H,10,13,18H2,1-2H3. The molecule has 2 aromatic carbocycles. The second-order valence-electron chi connectivity index (χ2n) is 6.72. The Labute approximate surface area is 182 Å². The molecule has 0 saturated carbocycles. The van der Waals surface area contributed by atoms with Crippen LogP contribution in [0.2, 0.25) is 0 Å². The van der Waals surface area contributed by atoms with Crippen LogP contribution < -0.4 is 9.64 Å². The van der Waals surface area contributed by atoms with Gasteiger partial charge in [0.15, 0.2) is 0 Å². The van der Waals surface area contributed by atoms with Crippen LogP contribution in [0, 0.1) is 0 Å². The third-order valence-corrected chi connectivity index (χ3v) is 4.72. The molecule has 2 aromatic rings. The molecule has 3 rings (SSSR count). The molecule has 0 bridgehead atoms. The highest BCUT2D eigenvalue weighted by molar-refractivity contribution is 6.05. The smallest absolute Gasteiger partial charge is 0.355 e. The molecule has 0 amide bonds. The Hall–Kier alpha value is -3.80. The van der Waals surface area contributed by atoms with E-state index in [1.165, 1.54) is 25.9 Å². The SMILES string of the molecule is COC(=O)C1=C(C(=O)OC)N(c2ccccc2OCCCc2ccccc2)C=CC=C1. The van der Waals surface area contributed by atoms with Gasteiger partial charge in [-0.15, -0.1) is 0 Å². The van der Waals surface area contributed by atoms with Crippen molar-refractivity contribution in [2.45, 2.75) is 12.8 Å². The Morgan fingerprint density at radius 3 is 2.32 bits per heavy atom. The minimum Gasteiger partial charge on any atom is -0.491 e. The largest absolute Gasteiger partial charge is 0.491 e. The monoisotopic (exact) mass is 419 g/mol. The van der Waals surface area contributed by atoms with E-state index in [-0.39, 0.29) is 11.3 Å². The van der Waals surface area contributed by atoms with Gasteiger partial charge in [0.1, 0.15) is 11.4 Å². The van der Waals surface area contributed by atoms with E-state index in [9.17, 15) is 9.59 Å². The van der Waals surface area contributed by atoms with E-state index >= 15 is 0 Å². The van der Waals surface area contributed by atoms with E-state index in [0.29, 0.717) is 18.0 Å². The normalized spacial score (nSPS) is 13.0. The van der Waals surface area contributed by atoms with Crippen molar-refractivity contribution < 1.29 is 23.8 Å². The van der Waals surface area contributed by atoms with Gasteiger partial charge in [0.2, 0.25) is 0 Å². The number of para-hydroxylation sites is 2. The molecule has 1 heterocycles. The Bertz CT molecular complexity index is 1010. The van der Waals surface area contributed by atoms with E-state index in [0.717, 1.165) is 12.8 Å². The van der Waals surface area contributed by atoms with Gasteiger partial charge in [0, 0.05) is 6.20 Å². The summed E-state index contributed by atoms with van der Waals surface area (Å²) >= 11 is 0. The minimum atomic E-state index is -0.657. The zero-order chi connectivity index (χ0) is 22.1. The van der Waals surface area contributed by atoms with E-state index < -0.39 is 11.9 Å². The Morgan fingerprint density at radius 2 is 1.58 bits per heavy atom. The molecule has 0 spiro atoms. The minimum absolute atomic E-state index is 0.0553. The molecule has 0 radical (unpaired) electrons. The molecule has 31 heavy (non-hydrogen) atoms. The van der Waals surface area contributed by atoms with Gasteiger partial charge in [-0.05, 0) is 42.7 Å². The van der Waals surface area contributed by atoms with E-state index in [4.69, 9.17) is 14.2 Å². The Kier molecular flexibility index (Phi) is 7.65. The number of esters is 2. The molecule has 1 aliphatic heterocycles. The molecule has 6 nitrogen and oxygen atoms in total. The van der Waals surface area contributed by atoms with Crippen molar-refractivity contribution in [2.24, 2.45) is 0 Å². The number of benzene rings is 2. The number of nitrogens with zero attached hydrogens (tertiary/aromatic N) is 1. The van der Waals surface area contributed by atoms with Crippen molar-refractivity contribution in [3.63, 3.8) is 0 Å². The van der Waals surface area contributed by atoms with Crippen LogP contribution in [-0.2, 0) is 25.5 Å². The van der Waals surface area contributed by atoms with Crippen LogP contribution in [0.15, 0.2) is 90.3 Å². The van der Waals surface area contributed by atoms with Gasteiger partial charge >= 0.3 is 11.9 Å². The summed E-state index contributed by atoms with van der Waals surface area (Å²) in [4.78, 5) is 26.5. The molecule has 0 aromatic heterocycles. The molecule has 0 aliphatic carbocycles. The van der Waals surface area contributed by atoms with Gasteiger partial charge in [-0.25, -0.2) is 9.59 Å². The number of allylic oxidation sites excluding steroid dienone is 2. The van der Waals surface area contributed by atoms with E-state index in [1.54, 1.807) is 23.3 Å². The average molecular weight is 419 g/mol. The molecule has 0 N–H and O–H groups in total. The van der Waals surface area contributed by atoms with E-state index in [1.807, 2.05) is 42.5 Å². The number of anilines is 1. The molecular weight excluding hydrogens is 394 g/mol. The van der Waals surface area contributed by atoms with Gasteiger partial charge in [0.05, 0.1) is 32.1 Å². The molecule has 0 atom stereocenters. The predicted octanol–water partition coefficient (Wildman–Crippen LogP) is 4.19. The third kappa shape index (κ3) is 5.42. The van der Waals surface area contributed by atoms with Crippen molar-refractivity contribution in [1.29, 1.82) is 0 Å². The van der Waals surface area contributed by atoms with Crippen molar-refractivity contribution in [2.75, 3.05) is 25.7 Å². The summed E-state index contributed by atoms with van der Waals surface area (Å²) in [6, 6.07) is 17.6. The van der Waals surface area contributed by atoms with Crippen LogP contribution >= 0.6 is 0 Å². The first-order valence-electron chi connectivity index (χ1n) is 9.96. The van der Waals surface area contributed by atoms with Crippen LogP contribution in [0.25, 0.3) is 0 Å². The number of hydrogen-bond donors (Lipinski definition) is 0. The summed E-state index contributed by atoms with van der Waals surface area (Å²) in [7, 11) is 2.54. The van der Waals surface area contributed by atoms with Crippen LogP contribution in [0.5, 0.6) is 5.75 Å². The lowest BCUT2D eigenvalue weighted by atomic mass is 10.1. The molecular formula is C25H25NO5. The van der Waals surface area contributed by atoms with Crippen molar-refractivity contribution in [3.05, 3.63) is 95.9 Å². The topological polar surface area (TPSA) is 65.1 Å². The molecule has 1 aliphatic rings. The zero-order valence-corrected chi connectivity index (χ0v) is 17.6. The molecule has 6 heteroatoms. The summed E-state index contributed by atoms with van der Waals surface area (Å²) in [6.07, 6.45) is 8.34. The molecule has 160 valence electrons. The first kappa shape index (κ1) is 21.9. The second kappa shape index (κ2) is 10.8. The quantitative estimate of drug-likeness (QED) is 0.472. The number of hydrogen-bond acceptors (Lipinski definition) is 6. The lowest BCUT2D eigenvalue weighted by molar-refractivity contribution is -0.139. The fraction of sp³-hybridized carbons (Fsp3) is 0.200. The summed E-state index contributed by atoms with van der Waals surface area (Å²) < 4.78 is 15.9. The van der Waals surface area contributed by atoms with Crippen LogP contribution in [0.1, 0.15) is 12.0 Å².